The zero-order valence-corrected chi connectivity index (χ0v) is 18.8. The fraction of sp³-hybridized carbons (Fsp3) is 0.875. The predicted octanol–water partition coefficient (Wildman–Crippen LogP) is 4.46. The van der Waals surface area contributed by atoms with Gasteiger partial charge in [0.1, 0.15) is 6.79 Å². The van der Waals surface area contributed by atoms with Crippen LogP contribution in [0.1, 0.15) is 66.7 Å². The Morgan fingerprint density at radius 1 is 1.14 bits per heavy atom. The summed E-state index contributed by atoms with van der Waals surface area (Å²) in [6, 6.07) is 0. The van der Waals surface area contributed by atoms with Crippen LogP contribution >= 0.6 is 0 Å². The minimum absolute atomic E-state index is 0.0151. The maximum Gasteiger partial charge on any atom is 0.154 e. The molecule has 0 heterocycles. The Bertz CT molecular complexity index is 663. The second-order valence-corrected chi connectivity index (χ2v) is 9.89. The van der Waals surface area contributed by atoms with Crippen LogP contribution in [-0.2, 0) is 19.0 Å². The molecule has 0 spiro atoms. The van der Waals surface area contributed by atoms with E-state index in [1.54, 1.807) is 7.11 Å². The highest BCUT2D eigenvalue weighted by atomic mass is 16.7. The maximum absolute atomic E-state index is 13.8. The molecular weight excluding hydrogens is 352 g/mol. The van der Waals surface area contributed by atoms with Gasteiger partial charge in [0, 0.05) is 25.6 Å². The second-order valence-electron chi connectivity index (χ2n) is 9.89. The van der Waals surface area contributed by atoms with E-state index >= 15 is 0 Å². The number of Topliss-reactive ketones (excluding diaryl/α,β-unsaturated/α-hetero) is 1. The van der Waals surface area contributed by atoms with Crippen LogP contribution in [0, 0.1) is 45.8 Å². The summed E-state index contributed by atoms with van der Waals surface area (Å²) in [4.78, 5) is 13.8. The zero-order valence-electron chi connectivity index (χ0n) is 18.8. The van der Waals surface area contributed by atoms with Gasteiger partial charge in [-0.05, 0) is 63.2 Å². The van der Waals surface area contributed by atoms with Crippen molar-refractivity contribution in [2.24, 2.45) is 34.0 Å². The number of rotatable bonds is 4. The van der Waals surface area contributed by atoms with Gasteiger partial charge in [-0.15, -0.1) is 5.92 Å². The zero-order chi connectivity index (χ0) is 20.7. The minimum atomic E-state index is -0.686. The summed E-state index contributed by atoms with van der Waals surface area (Å²) < 4.78 is 17.7. The summed E-state index contributed by atoms with van der Waals surface area (Å²) in [5.74, 6) is 7.40. The van der Waals surface area contributed by atoms with E-state index in [4.69, 9.17) is 14.2 Å². The quantitative estimate of drug-likeness (QED) is 0.525. The van der Waals surface area contributed by atoms with Crippen molar-refractivity contribution in [1.29, 1.82) is 0 Å². The lowest BCUT2D eigenvalue weighted by atomic mass is 9.44. The van der Waals surface area contributed by atoms with Gasteiger partial charge in [-0.3, -0.25) is 4.79 Å². The van der Waals surface area contributed by atoms with Gasteiger partial charge in [-0.25, -0.2) is 0 Å². The fourth-order valence-corrected chi connectivity index (χ4v) is 7.19. The van der Waals surface area contributed by atoms with Gasteiger partial charge < -0.3 is 14.2 Å². The number of ether oxygens (including phenoxy) is 3. The summed E-state index contributed by atoms with van der Waals surface area (Å²) in [6.07, 6.45) is 5.00. The van der Waals surface area contributed by atoms with Crippen molar-refractivity contribution in [1.82, 2.24) is 0 Å². The van der Waals surface area contributed by atoms with Gasteiger partial charge in [0.15, 0.2) is 5.78 Å². The number of ketones is 1. The summed E-state index contributed by atoms with van der Waals surface area (Å²) in [5.41, 5.74) is -0.793. The Morgan fingerprint density at radius 3 is 2.43 bits per heavy atom. The topological polar surface area (TPSA) is 44.8 Å². The van der Waals surface area contributed by atoms with E-state index in [9.17, 15) is 4.79 Å². The molecule has 0 aliphatic heterocycles. The first kappa shape index (κ1) is 21.8. The van der Waals surface area contributed by atoms with Crippen LogP contribution in [0.2, 0.25) is 0 Å². The molecule has 8 atom stereocenters. The van der Waals surface area contributed by atoms with Gasteiger partial charge in [-0.2, -0.15) is 0 Å². The van der Waals surface area contributed by atoms with Gasteiger partial charge in [0.25, 0.3) is 0 Å². The average molecular weight is 391 g/mol. The molecule has 2 unspecified atom stereocenters. The molecule has 3 rings (SSSR count). The van der Waals surface area contributed by atoms with Crippen LogP contribution in [0.3, 0.4) is 0 Å². The first-order chi connectivity index (χ1) is 13.2. The predicted molar refractivity (Wildman–Crippen MR) is 110 cm³/mol. The molecule has 3 aliphatic rings. The lowest BCUT2D eigenvalue weighted by Crippen LogP contribution is -2.62. The van der Waals surface area contributed by atoms with E-state index in [1.807, 2.05) is 21.0 Å². The van der Waals surface area contributed by atoms with Gasteiger partial charge in [0.2, 0.25) is 0 Å². The standard InChI is InChI=1S/C24H38O4/c1-8-11-22(4)14-19(28-15-26-6)23(5)16(2)9-12-24(17(3)21(22)25)13-10-18(27-7)20(23)24/h16-20H,9-10,12-15H2,1-7H3/t16-,17+,18-,19-,20?,22-,23+,24?/m1/s1. The van der Waals surface area contributed by atoms with Crippen molar-refractivity contribution in [2.45, 2.75) is 78.9 Å². The Balaban J connectivity index is 2.21. The van der Waals surface area contributed by atoms with Crippen molar-refractivity contribution < 1.29 is 19.0 Å². The fourth-order valence-electron chi connectivity index (χ4n) is 7.19. The van der Waals surface area contributed by atoms with Gasteiger partial charge in [0.05, 0.1) is 17.6 Å². The van der Waals surface area contributed by atoms with Crippen molar-refractivity contribution in [2.75, 3.05) is 21.0 Å². The molecule has 0 amide bonds. The highest BCUT2D eigenvalue weighted by Crippen LogP contribution is 2.68. The van der Waals surface area contributed by atoms with Crippen molar-refractivity contribution in [3.63, 3.8) is 0 Å². The Hall–Kier alpha value is -0.890. The van der Waals surface area contributed by atoms with Crippen LogP contribution in [0.4, 0.5) is 0 Å². The summed E-state index contributed by atoms with van der Waals surface area (Å²) in [5, 5.41) is 0. The van der Waals surface area contributed by atoms with Crippen LogP contribution in [0.25, 0.3) is 0 Å². The van der Waals surface area contributed by atoms with E-state index in [1.165, 1.54) is 0 Å². The van der Waals surface area contributed by atoms with Crippen LogP contribution in [0.5, 0.6) is 0 Å². The van der Waals surface area contributed by atoms with Crippen molar-refractivity contribution >= 4 is 5.78 Å². The first-order valence-corrected chi connectivity index (χ1v) is 10.8. The molecule has 3 aliphatic carbocycles. The normalized spacial score (nSPS) is 48.2. The van der Waals surface area contributed by atoms with E-state index in [-0.39, 0.29) is 41.5 Å². The summed E-state index contributed by atoms with van der Waals surface area (Å²) in [7, 11) is 3.49. The van der Waals surface area contributed by atoms with Crippen LogP contribution in [0.15, 0.2) is 0 Å². The molecule has 0 N–H and O–H groups in total. The monoisotopic (exact) mass is 390 g/mol. The number of hydrogen-bond donors (Lipinski definition) is 0. The maximum atomic E-state index is 13.8. The molecule has 0 saturated heterocycles. The largest absolute Gasteiger partial charge is 0.381 e. The average Bonchev–Trinajstić information content (AvgIpc) is 3.07. The lowest BCUT2D eigenvalue weighted by Gasteiger charge is -2.61. The summed E-state index contributed by atoms with van der Waals surface area (Å²) in [6.45, 7) is 11.0. The molecule has 158 valence electrons. The number of carbonyl (C=O) groups excluding carboxylic acids is 1. The van der Waals surface area contributed by atoms with Crippen molar-refractivity contribution in [3.8, 4) is 11.8 Å². The Morgan fingerprint density at radius 2 is 1.82 bits per heavy atom. The molecule has 3 fully saturated rings. The molecule has 0 aromatic rings. The molecule has 2 bridgehead atoms. The van der Waals surface area contributed by atoms with Crippen LogP contribution < -0.4 is 0 Å². The minimum Gasteiger partial charge on any atom is -0.381 e. The van der Waals surface area contributed by atoms with E-state index < -0.39 is 5.41 Å². The van der Waals surface area contributed by atoms with Crippen LogP contribution in [-0.4, -0.2) is 39.0 Å². The molecule has 3 saturated carbocycles. The molecule has 28 heavy (non-hydrogen) atoms. The first-order valence-electron chi connectivity index (χ1n) is 10.8. The third kappa shape index (κ3) is 2.97. The highest BCUT2D eigenvalue weighted by molar-refractivity contribution is 5.90. The lowest BCUT2D eigenvalue weighted by molar-refractivity contribution is -0.216. The van der Waals surface area contributed by atoms with E-state index in [0.29, 0.717) is 18.3 Å². The number of carbonyl (C=O) groups is 1. The smallest absolute Gasteiger partial charge is 0.154 e. The van der Waals surface area contributed by atoms with Gasteiger partial charge in [-0.1, -0.05) is 26.7 Å². The molecule has 0 aromatic heterocycles. The van der Waals surface area contributed by atoms with Gasteiger partial charge >= 0.3 is 0 Å². The number of methoxy groups -OCH3 is 2. The molecule has 4 nitrogen and oxygen atoms in total. The Labute approximate surface area is 171 Å². The third-order valence-electron chi connectivity index (χ3n) is 8.84. The second kappa shape index (κ2) is 7.74. The Kier molecular flexibility index (Phi) is 6.03. The molecule has 0 radical (unpaired) electrons. The highest BCUT2D eigenvalue weighted by Gasteiger charge is 2.68. The molecule has 4 heteroatoms. The van der Waals surface area contributed by atoms with Crippen molar-refractivity contribution in [3.05, 3.63) is 0 Å². The summed E-state index contributed by atoms with van der Waals surface area (Å²) >= 11 is 0. The van der Waals surface area contributed by atoms with E-state index in [0.717, 1.165) is 25.7 Å². The van der Waals surface area contributed by atoms with E-state index in [2.05, 4.69) is 32.6 Å². The third-order valence-corrected chi connectivity index (χ3v) is 8.84. The molecule has 0 aromatic carbocycles. The SMILES string of the molecule is CC#C[C@]1(C)C[C@@H](OCOC)[C@@]2(C)C3[C@H](OC)CCC3(CC[C@H]2C)[C@@H](C)C1=O. The molecular formula is C24H38O4. The number of hydrogen-bond acceptors (Lipinski definition) is 4.